The molecule has 0 saturated carbocycles. The number of nitrogens with zero attached hydrogens (tertiary/aromatic N) is 5. The summed E-state index contributed by atoms with van der Waals surface area (Å²) in [6, 6.07) is 26.9. The van der Waals surface area contributed by atoms with Gasteiger partial charge in [0, 0.05) is 43.1 Å². The maximum Gasteiger partial charge on any atom is 0.141 e. The van der Waals surface area contributed by atoms with E-state index in [1.807, 2.05) is 31.3 Å². The zero-order valence-electron chi connectivity index (χ0n) is 35.3. The molecule has 299 valence electrons. The van der Waals surface area contributed by atoms with Gasteiger partial charge in [-0.3, -0.25) is 9.97 Å². The molecule has 0 saturated heterocycles. The van der Waals surface area contributed by atoms with Gasteiger partial charge >= 0.3 is 0 Å². The Hall–Kier alpha value is -4.75. The van der Waals surface area contributed by atoms with Crippen molar-refractivity contribution in [2.45, 2.75) is 99.7 Å². The van der Waals surface area contributed by atoms with Crippen LogP contribution >= 0.6 is 0 Å². The number of hydrogen-bond acceptors (Lipinski definition) is 5. The van der Waals surface area contributed by atoms with Crippen molar-refractivity contribution in [3.05, 3.63) is 130 Å². The number of hydrogen-bond donors (Lipinski definition) is 0. The molecule has 8 aromatic rings. The minimum Gasteiger partial charge on any atom is -0.483 e. The van der Waals surface area contributed by atoms with Gasteiger partial charge < -0.3 is 19.0 Å². The Morgan fingerprint density at radius 2 is 1.59 bits per heavy atom. The molecule has 1 aliphatic rings. The molecule has 0 spiro atoms. The summed E-state index contributed by atoms with van der Waals surface area (Å²) in [6.07, 6.45) is 14.4. The van der Waals surface area contributed by atoms with E-state index in [1.54, 1.807) is 0 Å². The normalized spacial score (nSPS) is 13.3. The summed E-state index contributed by atoms with van der Waals surface area (Å²) in [7, 11) is -1.35. The predicted molar refractivity (Wildman–Crippen MR) is 238 cm³/mol. The molecule has 0 aliphatic heterocycles. The van der Waals surface area contributed by atoms with Gasteiger partial charge in [-0.15, -0.1) is 42.0 Å². The molecule has 9 rings (SSSR count). The first-order valence-electron chi connectivity index (χ1n) is 20.5. The second-order valence-corrected chi connectivity index (χ2v) is 22.3. The molecular formula is C50H53IrN5OSi-2. The summed E-state index contributed by atoms with van der Waals surface area (Å²) >= 11 is 0. The van der Waals surface area contributed by atoms with Crippen molar-refractivity contribution in [2.75, 3.05) is 0 Å². The van der Waals surface area contributed by atoms with Crippen LogP contribution in [0.2, 0.25) is 19.6 Å². The number of fused-ring (bicyclic) bond motifs is 5. The Labute approximate surface area is 357 Å². The Morgan fingerprint density at radius 1 is 0.845 bits per heavy atom. The van der Waals surface area contributed by atoms with Gasteiger partial charge in [0.25, 0.3) is 0 Å². The van der Waals surface area contributed by atoms with Crippen LogP contribution in [-0.2, 0) is 39.4 Å². The topological polar surface area (TPSA) is 69.6 Å². The SMILES string of the molecule is CCC(C)Cc1cc(-c2[c-]cccc2)ncc1[Si](C)(C)C.Cc1cc(C)c(-n2c(-c3[c-]nc4oc5cc6c(cc5c4c3)CCCC6)nc3cnc(C)cc32)c(C)c1.[Ir]. The molecule has 8 heteroatoms. The number of aryl methyl sites for hydroxylation is 6. The van der Waals surface area contributed by atoms with Crippen molar-refractivity contribution in [1.82, 2.24) is 24.5 Å². The van der Waals surface area contributed by atoms with E-state index in [0.717, 1.165) is 86.6 Å². The fourth-order valence-electron chi connectivity index (χ4n) is 8.53. The first-order valence-corrected chi connectivity index (χ1v) is 24.0. The van der Waals surface area contributed by atoms with Gasteiger partial charge in [-0.1, -0.05) is 74.8 Å². The first kappa shape index (κ1) is 41.4. The third kappa shape index (κ3) is 8.25. The number of aromatic nitrogens is 5. The van der Waals surface area contributed by atoms with E-state index >= 15 is 0 Å². The summed E-state index contributed by atoms with van der Waals surface area (Å²) in [5, 5.41) is 3.64. The van der Waals surface area contributed by atoms with Crippen LogP contribution in [0.4, 0.5) is 0 Å². The molecule has 3 aromatic carbocycles. The standard InChI is InChI=1S/C31H27N4O.C19H26NSi.Ir/c1-17-9-18(2)29(19(3)10-17)35-27-11-20(4)32-16-26(27)34-30(35)23-13-25-24-12-21-7-5-6-8-22(21)14-28(24)36-31(25)33-15-23;1-6-15(2)12-17-13-18(16-10-8-7-9-11-16)20-14-19(17)21(3,4)5;/h9-14,16H,5-8H2,1-4H3;7-10,13-15H,6,12H2,1-5H3;/q2*-1;. The second kappa shape index (κ2) is 16.8. The number of rotatable bonds is 7. The Kier molecular flexibility index (Phi) is 12.0. The molecule has 6 nitrogen and oxygen atoms in total. The number of imidazole rings is 1. The van der Waals surface area contributed by atoms with Crippen molar-refractivity contribution in [3.8, 4) is 28.3 Å². The zero-order valence-corrected chi connectivity index (χ0v) is 38.7. The summed E-state index contributed by atoms with van der Waals surface area (Å²) in [6.45, 7) is 20.3. The Bertz CT molecular complexity index is 2740. The van der Waals surface area contributed by atoms with Crippen LogP contribution in [0.15, 0.2) is 83.5 Å². The zero-order chi connectivity index (χ0) is 40.0. The molecule has 5 aromatic heterocycles. The minimum absolute atomic E-state index is 0. The maximum atomic E-state index is 6.17. The predicted octanol–water partition coefficient (Wildman–Crippen LogP) is 12.0. The van der Waals surface area contributed by atoms with Crippen molar-refractivity contribution in [2.24, 2.45) is 5.92 Å². The van der Waals surface area contributed by atoms with Crippen molar-refractivity contribution >= 4 is 46.4 Å². The van der Waals surface area contributed by atoms with Gasteiger partial charge in [0.1, 0.15) is 11.3 Å². The fraction of sp³-hybridized carbons (Fsp3) is 0.320. The number of pyridine rings is 3. The van der Waals surface area contributed by atoms with Gasteiger partial charge in [-0.05, 0) is 129 Å². The van der Waals surface area contributed by atoms with Crippen molar-refractivity contribution in [1.29, 1.82) is 0 Å². The largest absolute Gasteiger partial charge is 0.483 e. The van der Waals surface area contributed by atoms with E-state index in [4.69, 9.17) is 14.4 Å². The molecule has 1 aliphatic carbocycles. The Balaban J connectivity index is 0.000000200. The molecule has 0 bridgehead atoms. The molecule has 0 fully saturated rings. The number of benzene rings is 3. The Morgan fingerprint density at radius 3 is 2.28 bits per heavy atom. The summed E-state index contributed by atoms with van der Waals surface area (Å²) in [4.78, 5) is 18.9. The van der Waals surface area contributed by atoms with Crippen LogP contribution in [0.3, 0.4) is 0 Å². The molecule has 1 radical (unpaired) electrons. The molecule has 0 amide bonds. The first-order chi connectivity index (χ1) is 27.4. The van der Waals surface area contributed by atoms with Crippen LogP contribution < -0.4 is 5.19 Å². The fourth-order valence-corrected chi connectivity index (χ4v) is 10.1. The molecule has 0 N–H and O–H groups in total. The molecule has 5 heterocycles. The van der Waals surface area contributed by atoms with E-state index in [2.05, 4.69) is 136 Å². The van der Waals surface area contributed by atoms with E-state index in [0.29, 0.717) is 5.71 Å². The summed E-state index contributed by atoms with van der Waals surface area (Å²) in [5.74, 6) is 1.53. The van der Waals surface area contributed by atoms with E-state index < -0.39 is 8.07 Å². The van der Waals surface area contributed by atoms with Crippen molar-refractivity contribution < 1.29 is 24.5 Å². The van der Waals surface area contributed by atoms with Crippen LogP contribution in [0.5, 0.6) is 0 Å². The van der Waals surface area contributed by atoms with Crippen molar-refractivity contribution in [3.63, 3.8) is 0 Å². The van der Waals surface area contributed by atoms with E-state index in [-0.39, 0.29) is 20.1 Å². The third-order valence-corrected chi connectivity index (χ3v) is 13.6. The quantitative estimate of drug-likeness (QED) is 0.118. The van der Waals surface area contributed by atoms with Crippen LogP contribution in [-0.4, -0.2) is 32.6 Å². The third-order valence-electron chi connectivity index (χ3n) is 11.6. The van der Waals surface area contributed by atoms with Crippen LogP contribution in [0, 0.1) is 45.9 Å². The minimum atomic E-state index is -1.35. The van der Waals surface area contributed by atoms with Crippen LogP contribution in [0.25, 0.3) is 61.4 Å². The molecule has 58 heavy (non-hydrogen) atoms. The molecule has 1 atom stereocenters. The number of furan rings is 1. The van der Waals surface area contributed by atoms with Gasteiger partial charge in [-0.25, -0.2) is 0 Å². The smallest absolute Gasteiger partial charge is 0.141 e. The van der Waals surface area contributed by atoms with Gasteiger partial charge in [0.05, 0.1) is 31.1 Å². The summed E-state index contributed by atoms with van der Waals surface area (Å²) < 4.78 is 8.42. The average molecular weight is 960 g/mol. The molecular weight excluding hydrogens is 907 g/mol. The monoisotopic (exact) mass is 960 g/mol. The van der Waals surface area contributed by atoms with E-state index in [1.165, 1.54) is 57.8 Å². The maximum absolute atomic E-state index is 6.17. The average Bonchev–Trinajstić information content (AvgIpc) is 3.73. The van der Waals surface area contributed by atoms with Crippen LogP contribution in [0.1, 0.15) is 72.2 Å². The van der Waals surface area contributed by atoms with Gasteiger partial charge in [0.15, 0.2) is 0 Å². The summed E-state index contributed by atoms with van der Waals surface area (Å²) in [5.41, 5.74) is 16.5. The second-order valence-electron chi connectivity index (χ2n) is 17.2. The van der Waals surface area contributed by atoms with E-state index in [9.17, 15) is 0 Å². The molecule has 1 unspecified atom stereocenters. The van der Waals surface area contributed by atoms with Gasteiger partial charge in [-0.2, -0.15) is 0 Å². The van der Waals surface area contributed by atoms with Gasteiger partial charge in [0.2, 0.25) is 0 Å².